The summed E-state index contributed by atoms with van der Waals surface area (Å²) in [6.45, 7) is 5.85. The molecule has 1 aromatic carbocycles. The van der Waals surface area contributed by atoms with Crippen molar-refractivity contribution in [1.29, 1.82) is 0 Å². The second kappa shape index (κ2) is 7.14. The zero-order valence-electron chi connectivity index (χ0n) is 12.6. The lowest BCUT2D eigenvalue weighted by molar-refractivity contribution is -0.144. The summed E-state index contributed by atoms with van der Waals surface area (Å²) in [5, 5.41) is 10.0. The molecule has 0 saturated carbocycles. The first kappa shape index (κ1) is 16.1. The van der Waals surface area contributed by atoms with E-state index < -0.39 is 12.0 Å². The predicted molar refractivity (Wildman–Crippen MR) is 83.0 cm³/mol. The third-order valence-electron chi connectivity index (χ3n) is 3.88. The van der Waals surface area contributed by atoms with E-state index in [1.807, 2.05) is 30.9 Å². The number of nitrogens with zero attached hydrogens (tertiary/aromatic N) is 1. The quantitative estimate of drug-likeness (QED) is 0.904. The molecule has 0 aliphatic carbocycles. The van der Waals surface area contributed by atoms with Crippen LogP contribution in [-0.2, 0) is 11.3 Å². The van der Waals surface area contributed by atoms with Crippen LogP contribution in [0.15, 0.2) is 12.1 Å². The van der Waals surface area contributed by atoms with Gasteiger partial charge in [-0.05, 0) is 50.9 Å². The average molecular weight is 312 g/mol. The van der Waals surface area contributed by atoms with Crippen molar-refractivity contribution in [3.63, 3.8) is 0 Å². The molecule has 1 unspecified atom stereocenters. The molecule has 21 heavy (non-hydrogen) atoms. The third kappa shape index (κ3) is 3.89. The molecule has 0 amide bonds. The standard InChI is InChI=1S/C16H22ClNO3/c1-3-21-15-11(2)8-13(17)9-12(15)10-18-7-5-4-6-14(18)16(19)20/h8-9,14H,3-7,10H2,1-2H3,(H,19,20). The Labute approximate surface area is 130 Å². The Hall–Kier alpha value is -1.26. The summed E-state index contributed by atoms with van der Waals surface area (Å²) in [5.41, 5.74) is 1.96. The van der Waals surface area contributed by atoms with Gasteiger partial charge in [-0.2, -0.15) is 0 Å². The number of carboxylic acid groups (broad SMARTS) is 1. The normalized spacial score (nSPS) is 19.5. The average Bonchev–Trinajstić information content (AvgIpc) is 2.43. The van der Waals surface area contributed by atoms with E-state index in [9.17, 15) is 9.90 Å². The van der Waals surface area contributed by atoms with Crippen molar-refractivity contribution >= 4 is 17.6 Å². The van der Waals surface area contributed by atoms with Crippen LogP contribution in [0.25, 0.3) is 0 Å². The molecule has 1 N–H and O–H groups in total. The van der Waals surface area contributed by atoms with Crippen molar-refractivity contribution in [2.45, 2.75) is 45.7 Å². The lowest BCUT2D eigenvalue weighted by Crippen LogP contribution is -2.44. The second-order valence-electron chi connectivity index (χ2n) is 5.46. The number of hydrogen-bond acceptors (Lipinski definition) is 3. The first-order valence-electron chi connectivity index (χ1n) is 7.41. The number of hydrogen-bond donors (Lipinski definition) is 1. The molecule has 116 valence electrons. The number of halogens is 1. The van der Waals surface area contributed by atoms with Crippen molar-refractivity contribution in [3.8, 4) is 5.75 Å². The van der Waals surface area contributed by atoms with Crippen molar-refractivity contribution < 1.29 is 14.6 Å². The maximum Gasteiger partial charge on any atom is 0.320 e. The van der Waals surface area contributed by atoms with Gasteiger partial charge in [-0.15, -0.1) is 0 Å². The lowest BCUT2D eigenvalue weighted by atomic mass is 10.0. The minimum absolute atomic E-state index is 0.410. The van der Waals surface area contributed by atoms with Gasteiger partial charge in [-0.3, -0.25) is 9.69 Å². The van der Waals surface area contributed by atoms with Crippen LogP contribution in [0.5, 0.6) is 5.75 Å². The Morgan fingerprint density at radius 2 is 2.24 bits per heavy atom. The molecular formula is C16H22ClNO3. The molecule has 1 aliphatic rings. The molecule has 5 heteroatoms. The molecule has 1 aliphatic heterocycles. The van der Waals surface area contributed by atoms with Gasteiger partial charge in [-0.1, -0.05) is 18.0 Å². The van der Waals surface area contributed by atoms with Gasteiger partial charge in [0.05, 0.1) is 6.61 Å². The van der Waals surface area contributed by atoms with E-state index in [1.165, 1.54) is 0 Å². The topological polar surface area (TPSA) is 49.8 Å². The van der Waals surface area contributed by atoms with E-state index >= 15 is 0 Å². The van der Waals surface area contributed by atoms with Crippen LogP contribution in [0.2, 0.25) is 5.02 Å². The molecule has 1 heterocycles. The number of likely N-dealkylation sites (tertiary alicyclic amines) is 1. The fourth-order valence-electron chi connectivity index (χ4n) is 2.95. The zero-order valence-corrected chi connectivity index (χ0v) is 13.3. The van der Waals surface area contributed by atoms with Gasteiger partial charge in [0, 0.05) is 17.1 Å². The monoisotopic (exact) mass is 311 g/mol. The van der Waals surface area contributed by atoms with Gasteiger partial charge >= 0.3 is 5.97 Å². The first-order valence-corrected chi connectivity index (χ1v) is 7.79. The van der Waals surface area contributed by atoms with Crippen LogP contribution < -0.4 is 4.74 Å². The fourth-order valence-corrected chi connectivity index (χ4v) is 3.24. The van der Waals surface area contributed by atoms with Crippen LogP contribution in [0.1, 0.15) is 37.3 Å². The largest absolute Gasteiger partial charge is 0.493 e. The number of carbonyl (C=O) groups is 1. The number of benzene rings is 1. The molecule has 1 aromatic rings. The first-order chi connectivity index (χ1) is 10.0. The molecule has 0 spiro atoms. The van der Waals surface area contributed by atoms with Crippen LogP contribution in [0.4, 0.5) is 0 Å². The van der Waals surface area contributed by atoms with Crippen molar-refractivity contribution in [1.82, 2.24) is 4.90 Å². The van der Waals surface area contributed by atoms with E-state index in [0.29, 0.717) is 24.6 Å². The SMILES string of the molecule is CCOc1c(C)cc(Cl)cc1CN1CCCCC1C(=O)O. The Bertz CT molecular complexity index is 518. The van der Waals surface area contributed by atoms with Crippen LogP contribution in [0.3, 0.4) is 0 Å². The molecule has 1 fully saturated rings. The molecule has 0 bridgehead atoms. The molecule has 1 saturated heterocycles. The smallest absolute Gasteiger partial charge is 0.320 e. The number of carboxylic acids is 1. The summed E-state index contributed by atoms with van der Waals surface area (Å²) in [7, 11) is 0. The summed E-state index contributed by atoms with van der Waals surface area (Å²) in [4.78, 5) is 13.4. The molecule has 0 aromatic heterocycles. The van der Waals surface area contributed by atoms with E-state index in [4.69, 9.17) is 16.3 Å². The number of aryl methyl sites for hydroxylation is 1. The molecule has 0 radical (unpaired) electrons. The van der Waals surface area contributed by atoms with Crippen molar-refractivity contribution in [3.05, 3.63) is 28.3 Å². The van der Waals surface area contributed by atoms with Crippen LogP contribution in [0, 0.1) is 6.92 Å². The second-order valence-corrected chi connectivity index (χ2v) is 5.90. The highest BCUT2D eigenvalue weighted by Gasteiger charge is 2.29. The molecule has 2 rings (SSSR count). The number of piperidine rings is 1. The van der Waals surface area contributed by atoms with Crippen molar-refractivity contribution in [2.24, 2.45) is 0 Å². The highest BCUT2D eigenvalue weighted by Crippen LogP contribution is 2.30. The summed E-state index contributed by atoms with van der Waals surface area (Å²) in [5.74, 6) is 0.0861. The molecular weight excluding hydrogens is 290 g/mol. The van der Waals surface area contributed by atoms with Gasteiger partial charge in [0.15, 0.2) is 0 Å². The van der Waals surface area contributed by atoms with Gasteiger partial charge in [0.2, 0.25) is 0 Å². The Morgan fingerprint density at radius 3 is 2.90 bits per heavy atom. The van der Waals surface area contributed by atoms with E-state index in [-0.39, 0.29) is 0 Å². The van der Waals surface area contributed by atoms with Gasteiger partial charge < -0.3 is 9.84 Å². The third-order valence-corrected chi connectivity index (χ3v) is 4.10. The van der Waals surface area contributed by atoms with Gasteiger partial charge in [0.25, 0.3) is 0 Å². The number of rotatable bonds is 5. The van der Waals surface area contributed by atoms with E-state index in [0.717, 1.165) is 36.3 Å². The number of aliphatic carboxylic acids is 1. The van der Waals surface area contributed by atoms with Crippen LogP contribution in [-0.4, -0.2) is 35.2 Å². The molecule has 4 nitrogen and oxygen atoms in total. The summed E-state index contributed by atoms with van der Waals surface area (Å²) in [6, 6.07) is 3.35. The Morgan fingerprint density at radius 1 is 1.48 bits per heavy atom. The van der Waals surface area contributed by atoms with Gasteiger partial charge in [0.1, 0.15) is 11.8 Å². The summed E-state index contributed by atoms with van der Waals surface area (Å²) in [6.07, 6.45) is 2.71. The maximum absolute atomic E-state index is 11.4. The van der Waals surface area contributed by atoms with Gasteiger partial charge in [-0.25, -0.2) is 0 Å². The minimum atomic E-state index is -0.744. The Kier molecular flexibility index (Phi) is 5.48. The van der Waals surface area contributed by atoms with Crippen molar-refractivity contribution in [2.75, 3.05) is 13.2 Å². The van der Waals surface area contributed by atoms with E-state index in [1.54, 1.807) is 0 Å². The molecule has 1 atom stereocenters. The lowest BCUT2D eigenvalue weighted by Gasteiger charge is -2.33. The highest BCUT2D eigenvalue weighted by atomic mass is 35.5. The zero-order chi connectivity index (χ0) is 15.4. The highest BCUT2D eigenvalue weighted by molar-refractivity contribution is 6.30. The predicted octanol–water partition coefficient (Wildman–Crippen LogP) is 3.49. The maximum atomic E-state index is 11.4. The van der Waals surface area contributed by atoms with E-state index in [2.05, 4.69) is 0 Å². The number of ether oxygens (including phenoxy) is 1. The summed E-state index contributed by atoms with van der Waals surface area (Å²) >= 11 is 6.15. The summed E-state index contributed by atoms with van der Waals surface area (Å²) < 4.78 is 5.73. The Balaban J connectivity index is 2.26. The minimum Gasteiger partial charge on any atom is -0.493 e. The van der Waals surface area contributed by atoms with Crippen LogP contribution >= 0.6 is 11.6 Å². The fraction of sp³-hybridized carbons (Fsp3) is 0.562.